The zero-order valence-electron chi connectivity index (χ0n) is 12.3. The highest BCUT2D eigenvalue weighted by molar-refractivity contribution is 5.88. The number of carbonyl (C=O) groups is 3. The Morgan fingerprint density at radius 2 is 2.00 bits per heavy atom. The number of primary amides is 1. The van der Waals surface area contributed by atoms with Crippen LogP contribution in [-0.2, 0) is 27.9 Å². The first kappa shape index (κ1) is 16.7. The van der Waals surface area contributed by atoms with Crippen LogP contribution in [-0.4, -0.2) is 38.7 Å². The van der Waals surface area contributed by atoms with Crippen molar-refractivity contribution in [2.75, 3.05) is 0 Å². The van der Waals surface area contributed by atoms with E-state index in [0.29, 0.717) is 6.42 Å². The summed E-state index contributed by atoms with van der Waals surface area (Å²) in [7, 11) is 1.82. The molecule has 21 heavy (non-hydrogen) atoms. The predicted molar refractivity (Wildman–Crippen MR) is 74.4 cm³/mol. The lowest BCUT2D eigenvalue weighted by molar-refractivity contribution is -0.143. The Balaban J connectivity index is 2.61. The average Bonchev–Trinajstić information content (AvgIpc) is 2.60. The molecule has 0 aliphatic heterocycles. The first-order valence-corrected chi connectivity index (χ1v) is 6.52. The number of hydrogen-bond donors (Lipinski definition) is 3. The van der Waals surface area contributed by atoms with E-state index < -0.39 is 30.2 Å². The third-order valence-corrected chi connectivity index (χ3v) is 3.30. The summed E-state index contributed by atoms with van der Waals surface area (Å²) >= 11 is 0. The third-order valence-electron chi connectivity index (χ3n) is 3.30. The Hall–Kier alpha value is -2.38. The van der Waals surface area contributed by atoms with Gasteiger partial charge in [-0.15, -0.1) is 0 Å². The van der Waals surface area contributed by atoms with Crippen molar-refractivity contribution in [3.8, 4) is 0 Å². The molecule has 0 saturated heterocycles. The van der Waals surface area contributed by atoms with Crippen LogP contribution in [0, 0.1) is 13.8 Å². The number of nitrogens with two attached hydrogens (primary N) is 1. The first-order valence-electron chi connectivity index (χ1n) is 6.52. The highest BCUT2D eigenvalue weighted by Crippen LogP contribution is 2.14. The third kappa shape index (κ3) is 4.59. The van der Waals surface area contributed by atoms with Gasteiger partial charge in [-0.3, -0.25) is 14.3 Å². The normalized spacial score (nSPS) is 12.0. The SMILES string of the molecule is Cc1nn(C)c(C)c1CCC(=O)NC(CC(N)=O)C(=O)O. The summed E-state index contributed by atoms with van der Waals surface area (Å²) in [5.74, 6) is -2.50. The van der Waals surface area contributed by atoms with Crippen molar-refractivity contribution in [1.82, 2.24) is 15.1 Å². The molecule has 1 unspecified atom stereocenters. The molecule has 4 N–H and O–H groups in total. The summed E-state index contributed by atoms with van der Waals surface area (Å²) in [5, 5.41) is 15.5. The minimum atomic E-state index is -1.29. The molecule has 116 valence electrons. The van der Waals surface area contributed by atoms with Crippen LogP contribution >= 0.6 is 0 Å². The van der Waals surface area contributed by atoms with Crippen LogP contribution in [0.25, 0.3) is 0 Å². The minimum absolute atomic E-state index is 0.121. The van der Waals surface area contributed by atoms with Crippen LogP contribution < -0.4 is 11.1 Å². The molecule has 0 aromatic carbocycles. The Morgan fingerprint density at radius 1 is 1.38 bits per heavy atom. The molecular formula is C13H20N4O4. The molecule has 1 rings (SSSR count). The van der Waals surface area contributed by atoms with Crippen LogP contribution in [0.3, 0.4) is 0 Å². The highest BCUT2D eigenvalue weighted by Gasteiger charge is 2.22. The fourth-order valence-electron chi connectivity index (χ4n) is 2.09. The number of carboxylic acids is 1. The van der Waals surface area contributed by atoms with E-state index in [1.807, 2.05) is 20.9 Å². The van der Waals surface area contributed by atoms with E-state index in [1.54, 1.807) is 4.68 Å². The van der Waals surface area contributed by atoms with Crippen LogP contribution in [0.5, 0.6) is 0 Å². The van der Waals surface area contributed by atoms with E-state index in [0.717, 1.165) is 17.0 Å². The van der Waals surface area contributed by atoms with Crippen LogP contribution in [0.4, 0.5) is 0 Å². The van der Waals surface area contributed by atoms with Crippen molar-refractivity contribution in [3.05, 3.63) is 17.0 Å². The molecule has 0 aliphatic rings. The zero-order valence-corrected chi connectivity index (χ0v) is 12.3. The Morgan fingerprint density at radius 3 is 2.43 bits per heavy atom. The zero-order chi connectivity index (χ0) is 16.2. The van der Waals surface area contributed by atoms with E-state index in [1.165, 1.54) is 0 Å². The second-order valence-electron chi connectivity index (χ2n) is 4.90. The van der Waals surface area contributed by atoms with E-state index in [2.05, 4.69) is 10.4 Å². The number of amides is 2. The van der Waals surface area contributed by atoms with Gasteiger partial charge in [-0.2, -0.15) is 5.10 Å². The van der Waals surface area contributed by atoms with Gasteiger partial charge in [-0.1, -0.05) is 0 Å². The molecule has 0 spiro atoms. The van der Waals surface area contributed by atoms with E-state index in [9.17, 15) is 14.4 Å². The van der Waals surface area contributed by atoms with Gasteiger partial charge in [0.15, 0.2) is 0 Å². The van der Waals surface area contributed by atoms with Gasteiger partial charge in [0.25, 0.3) is 0 Å². The maximum atomic E-state index is 11.8. The topological polar surface area (TPSA) is 127 Å². The Kier molecular flexibility index (Phi) is 5.45. The smallest absolute Gasteiger partial charge is 0.326 e. The molecule has 0 bridgehead atoms. The molecular weight excluding hydrogens is 276 g/mol. The number of aliphatic carboxylic acids is 1. The van der Waals surface area contributed by atoms with Crippen molar-refractivity contribution in [1.29, 1.82) is 0 Å². The summed E-state index contributed by atoms with van der Waals surface area (Å²) in [5.41, 5.74) is 7.72. The van der Waals surface area contributed by atoms with E-state index in [-0.39, 0.29) is 6.42 Å². The number of nitrogens with zero attached hydrogens (tertiary/aromatic N) is 2. The summed E-state index contributed by atoms with van der Waals surface area (Å²) in [6, 6.07) is -1.29. The van der Waals surface area contributed by atoms with Gasteiger partial charge >= 0.3 is 5.97 Å². The lowest BCUT2D eigenvalue weighted by Crippen LogP contribution is -2.43. The number of hydrogen-bond acceptors (Lipinski definition) is 4. The van der Waals surface area contributed by atoms with Crippen molar-refractivity contribution < 1.29 is 19.5 Å². The van der Waals surface area contributed by atoms with Gasteiger partial charge in [0.1, 0.15) is 6.04 Å². The lowest BCUT2D eigenvalue weighted by Gasteiger charge is -2.12. The van der Waals surface area contributed by atoms with Crippen molar-refractivity contribution in [3.63, 3.8) is 0 Å². The standard InChI is InChI=1S/C13H20N4O4/c1-7-9(8(2)17(3)16-7)4-5-12(19)15-10(13(20)21)6-11(14)18/h10H,4-6H2,1-3H3,(H2,14,18)(H,15,19)(H,20,21). The maximum Gasteiger partial charge on any atom is 0.326 e. The molecule has 2 amide bonds. The number of aryl methyl sites for hydroxylation is 2. The predicted octanol–water partition coefficient (Wildman–Crippen LogP) is -0.586. The van der Waals surface area contributed by atoms with E-state index in [4.69, 9.17) is 10.8 Å². The highest BCUT2D eigenvalue weighted by atomic mass is 16.4. The molecule has 1 aromatic rings. The second-order valence-corrected chi connectivity index (χ2v) is 4.90. The molecule has 8 heteroatoms. The number of nitrogens with one attached hydrogen (secondary N) is 1. The summed E-state index contributed by atoms with van der Waals surface area (Å²) in [6.07, 6.45) is 0.155. The largest absolute Gasteiger partial charge is 0.480 e. The van der Waals surface area contributed by atoms with Crippen LogP contribution in [0.1, 0.15) is 29.8 Å². The fraction of sp³-hybridized carbons (Fsp3) is 0.538. The Labute approximate surface area is 122 Å². The molecule has 0 radical (unpaired) electrons. The monoisotopic (exact) mass is 296 g/mol. The Bertz CT molecular complexity index is 565. The van der Waals surface area contributed by atoms with E-state index >= 15 is 0 Å². The van der Waals surface area contributed by atoms with Gasteiger partial charge in [-0.25, -0.2) is 4.79 Å². The summed E-state index contributed by atoms with van der Waals surface area (Å²) in [4.78, 5) is 33.5. The molecule has 1 atom stereocenters. The van der Waals surface area contributed by atoms with Gasteiger partial charge < -0.3 is 16.2 Å². The van der Waals surface area contributed by atoms with Gasteiger partial charge in [0.05, 0.1) is 12.1 Å². The molecule has 1 aromatic heterocycles. The first-order chi connectivity index (χ1) is 9.72. The van der Waals surface area contributed by atoms with Gasteiger partial charge in [0.2, 0.25) is 11.8 Å². The van der Waals surface area contributed by atoms with Crippen molar-refractivity contribution >= 4 is 17.8 Å². The maximum absolute atomic E-state index is 11.8. The summed E-state index contributed by atoms with van der Waals surface area (Å²) < 4.78 is 1.73. The molecule has 0 fully saturated rings. The van der Waals surface area contributed by atoms with Crippen LogP contribution in [0.15, 0.2) is 0 Å². The van der Waals surface area contributed by atoms with Gasteiger partial charge in [-0.05, 0) is 25.8 Å². The number of carboxylic acid groups (broad SMARTS) is 1. The number of aromatic nitrogens is 2. The summed E-state index contributed by atoms with van der Waals surface area (Å²) in [6.45, 7) is 3.76. The quantitative estimate of drug-likeness (QED) is 0.620. The fourth-order valence-corrected chi connectivity index (χ4v) is 2.09. The molecule has 0 aliphatic carbocycles. The van der Waals surface area contributed by atoms with Crippen LogP contribution in [0.2, 0.25) is 0 Å². The second kappa shape index (κ2) is 6.87. The average molecular weight is 296 g/mol. The van der Waals surface area contributed by atoms with Gasteiger partial charge in [0, 0.05) is 19.2 Å². The number of rotatable bonds is 7. The number of carbonyl (C=O) groups excluding carboxylic acids is 2. The molecule has 8 nitrogen and oxygen atoms in total. The van der Waals surface area contributed by atoms with Crippen molar-refractivity contribution in [2.45, 2.75) is 39.2 Å². The molecule has 0 saturated carbocycles. The van der Waals surface area contributed by atoms with Crippen molar-refractivity contribution in [2.24, 2.45) is 12.8 Å². The lowest BCUT2D eigenvalue weighted by atomic mass is 10.1. The minimum Gasteiger partial charge on any atom is -0.480 e. The molecule has 1 heterocycles.